The van der Waals surface area contributed by atoms with Crippen LogP contribution in [-0.4, -0.2) is 40.3 Å². The molecule has 19 heteroatoms. The van der Waals surface area contributed by atoms with Crippen molar-refractivity contribution in [3.8, 4) is 0 Å². The van der Waals surface area contributed by atoms with Crippen molar-refractivity contribution >= 4 is 18.1 Å². The highest BCUT2D eigenvalue weighted by Gasteiger charge is 2.32. The Labute approximate surface area is 327 Å². The van der Waals surface area contributed by atoms with Crippen LogP contribution in [0.1, 0.15) is 91.9 Å². The van der Waals surface area contributed by atoms with Crippen molar-refractivity contribution in [3.63, 3.8) is 0 Å². The summed E-state index contributed by atoms with van der Waals surface area (Å²) in [5, 5.41) is 2.49. The molecule has 0 radical (unpaired) electrons. The number of amides is 1. The second kappa shape index (κ2) is 21.6. The molecule has 0 saturated heterocycles. The Morgan fingerprint density at radius 1 is 0.690 bits per heavy atom. The molecule has 0 saturated carbocycles. The lowest BCUT2D eigenvalue weighted by atomic mass is 10.1. The van der Waals surface area contributed by atoms with Crippen molar-refractivity contribution < 1.29 is 63.4 Å². The van der Waals surface area contributed by atoms with Crippen LogP contribution in [0.25, 0.3) is 0 Å². The summed E-state index contributed by atoms with van der Waals surface area (Å²) in [4.78, 5) is 45.9. The van der Waals surface area contributed by atoms with Crippen LogP contribution in [0, 0.1) is 0 Å². The maximum absolute atomic E-state index is 12.7. The normalized spacial score (nSPS) is 13.5. The minimum Gasteiger partial charge on any atom is -0.460 e. The molecule has 3 N–H and O–H groups in total. The number of alkyl carbamates (subject to hydrolysis) is 1. The molecule has 1 unspecified atom stereocenters. The number of esters is 1. The lowest BCUT2D eigenvalue weighted by molar-refractivity contribution is -0.157. The molecule has 4 aromatic rings. The summed E-state index contributed by atoms with van der Waals surface area (Å²) in [5.74, 6) is -0.471. The zero-order valence-electron chi connectivity index (χ0n) is 31.6. The van der Waals surface area contributed by atoms with E-state index in [1.54, 1.807) is 40.7 Å². The van der Waals surface area contributed by atoms with E-state index in [9.17, 15) is 53.9 Å². The predicted octanol–water partition coefficient (Wildman–Crippen LogP) is 9.67. The van der Waals surface area contributed by atoms with Gasteiger partial charge in [0.05, 0.1) is 41.3 Å². The van der Waals surface area contributed by atoms with Crippen molar-refractivity contribution in [2.45, 2.75) is 89.9 Å². The first-order valence-electron chi connectivity index (χ1n) is 17.2. The number of alkyl halides is 9. The summed E-state index contributed by atoms with van der Waals surface area (Å²) in [7, 11) is 0. The first kappa shape index (κ1) is 48.3. The van der Waals surface area contributed by atoms with Crippen molar-refractivity contribution in [2.24, 2.45) is 10.7 Å². The summed E-state index contributed by atoms with van der Waals surface area (Å²) in [6.45, 7) is 8.21. The van der Waals surface area contributed by atoms with Crippen LogP contribution in [0.3, 0.4) is 0 Å². The smallest absolute Gasteiger partial charge is 0.416 e. The van der Waals surface area contributed by atoms with Gasteiger partial charge in [-0.2, -0.15) is 44.5 Å². The van der Waals surface area contributed by atoms with Crippen LogP contribution in [0.2, 0.25) is 0 Å². The Morgan fingerprint density at radius 3 is 1.48 bits per heavy atom. The number of carbonyl (C=O) groups is 2. The van der Waals surface area contributed by atoms with Crippen molar-refractivity contribution in [2.75, 3.05) is 0 Å². The molecule has 0 fully saturated rings. The number of benzene rings is 3. The first-order chi connectivity index (χ1) is 26.9. The van der Waals surface area contributed by atoms with E-state index in [0.717, 1.165) is 36.4 Å². The zero-order chi connectivity index (χ0) is 43.8. The van der Waals surface area contributed by atoms with Gasteiger partial charge < -0.3 is 20.5 Å². The standard InChI is InChI=1S/C20H22F3N3O4.C10H8F3NO.C9H10F3N/c1-12(2)29-18(27)16(11-17-24-9-4-10-25-17)30-19(28)26-13(3)14-5-7-15(8-6-14)20(21,22)23;1-7(14-6-15)8-2-4-9(5-3-8)10(11,12)13;1-6(13)7-2-4-8(5-3-7)9(10,11)12/h4-10,12-13,16H,11H2,1-3H3,(H,26,28);2-5,7H,1H3;2-6H,13H2,1H3/t13-,16?;7-;6-/m000/s1. The highest BCUT2D eigenvalue weighted by Crippen LogP contribution is 2.32. The fourth-order valence-electron chi connectivity index (χ4n) is 4.55. The van der Waals surface area contributed by atoms with E-state index in [-0.39, 0.29) is 18.3 Å². The highest BCUT2D eigenvalue weighted by atomic mass is 19.4. The van der Waals surface area contributed by atoms with E-state index in [4.69, 9.17) is 15.2 Å². The van der Waals surface area contributed by atoms with E-state index < -0.39 is 71.6 Å². The van der Waals surface area contributed by atoms with Crippen LogP contribution in [0.4, 0.5) is 44.3 Å². The number of nitrogens with two attached hydrogens (primary N) is 1. The third kappa shape index (κ3) is 16.7. The number of ether oxygens (including phenoxy) is 2. The average molecular weight is 830 g/mol. The molecule has 0 aliphatic heterocycles. The lowest BCUT2D eigenvalue weighted by Crippen LogP contribution is -2.38. The molecule has 58 heavy (non-hydrogen) atoms. The van der Waals surface area contributed by atoms with Gasteiger partial charge in [0.15, 0.2) is 0 Å². The maximum Gasteiger partial charge on any atom is 0.416 e. The van der Waals surface area contributed by atoms with E-state index in [1.807, 2.05) is 0 Å². The fourth-order valence-corrected chi connectivity index (χ4v) is 4.55. The number of carbonyl (C=O) groups excluding carboxylic acids is 3. The van der Waals surface area contributed by atoms with Gasteiger partial charge in [0, 0.05) is 18.4 Å². The summed E-state index contributed by atoms with van der Waals surface area (Å²) in [5.41, 5.74) is 5.03. The molecular formula is C39H40F9N5O5. The van der Waals surface area contributed by atoms with Crippen LogP contribution >= 0.6 is 0 Å². The topological polar surface area (TPSA) is 146 Å². The van der Waals surface area contributed by atoms with E-state index in [1.165, 1.54) is 54.9 Å². The van der Waals surface area contributed by atoms with E-state index >= 15 is 0 Å². The number of isocyanates is 1. The first-order valence-corrected chi connectivity index (χ1v) is 17.2. The largest absolute Gasteiger partial charge is 0.460 e. The number of halogens is 9. The van der Waals surface area contributed by atoms with Crippen LogP contribution < -0.4 is 11.1 Å². The average Bonchev–Trinajstić information content (AvgIpc) is 3.14. The van der Waals surface area contributed by atoms with Gasteiger partial charge in [0.2, 0.25) is 12.2 Å². The third-order valence-electron chi connectivity index (χ3n) is 7.65. The molecule has 4 rings (SSSR count). The summed E-state index contributed by atoms with van der Waals surface area (Å²) in [6.07, 6.45) is -11.4. The Morgan fingerprint density at radius 2 is 1.10 bits per heavy atom. The van der Waals surface area contributed by atoms with Gasteiger partial charge in [-0.25, -0.2) is 24.4 Å². The third-order valence-corrected chi connectivity index (χ3v) is 7.65. The molecule has 0 aliphatic carbocycles. The van der Waals surface area contributed by atoms with Gasteiger partial charge >= 0.3 is 30.6 Å². The number of rotatable bonds is 10. The molecule has 0 aliphatic rings. The van der Waals surface area contributed by atoms with Crippen LogP contribution in [0.5, 0.6) is 0 Å². The summed E-state index contributed by atoms with van der Waals surface area (Å²) >= 11 is 0. The van der Waals surface area contributed by atoms with Gasteiger partial charge in [-0.15, -0.1) is 0 Å². The Bertz CT molecular complexity index is 1920. The number of aromatic nitrogens is 2. The molecule has 10 nitrogen and oxygen atoms in total. The minimum atomic E-state index is -4.45. The predicted molar refractivity (Wildman–Crippen MR) is 192 cm³/mol. The highest BCUT2D eigenvalue weighted by molar-refractivity contribution is 5.79. The second-order valence-electron chi connectivity index (χ2n) is 12.7. The zero-order valence-corrected chi connectivity index (χ0v) is 31.6. The Balaban J connectivity index is 0.000000343. The molecule has 0 bridgehead atoms. The maximum atomic E-state index is 12.7. The molecule has 1 amide bonds. The number of nitrogens with zero attached hydrogens (tertiary/aromatic N) is 3. The number of hydrogen-bond acceptors (Lipinski definition) is 9. The van der Waals surface area contributed by atoms with E-state index in [0.29, 0.717) is 16.7 Å². The molecule has 3 aromatic carbocycles. The van der Waals surface area contributed by atoms with Gasteiger partial charge in [0.25, 0.3) is 0 Å². The number of nitrogens with one attached hydrogen (secondary N) is 1. The van der Waals surface area contributed by atoms with Gasteiger partial charge in [-0.3, -0.25) is 0 Å². The number of aliphatic imine (C=N–C) groups is 1. The monoisotopic (exact) mass is 829 g/mol. The van der Waals surface area contributed by atoms with Crippen molar-refractivity contribution in [1.29, 1.82) is 0 Å². The SMILES string of the molecule is CC(C)OC(=O)C(Cc1ncccn1)OC(=O)N[C@@H](C)c1ccc(C(F)(F)F)cc1.C[C@H](N)c1ccc(C(F)(F)F)cc1.C[C@H](N=C=O)c1ccc(C(F)(F)F)cc1. The van der Waals surface area contributed by atoms with E-state index in [2.05, 4.69) is 20.3 Å². The molecule has 4 atom stereocenters. The molecule has 314 valence electrons. The minimum absolute atomic E-state index is 0.0888. The molecule has 0 spiro atoms. The Kier molecular flexibility index (Phi) is 18.0. The summed E-state index contributed by atoms with van der Waals surface area (Å²) < 4.78 is 121. The second-order valence-corrected chi connectivity index (χ2v) is 12.7. The summed E-state index contributed by atoms with van der Waals surface area (Å²) in [6, 6.07) is 14.0. The van der Waals surface area contributed by atoms with Gasteiger partial charge in [0.1, 0.15) is 5.82 Å². The lowest BCUT2D eigenvalue weighted by Gasteiger charge is -2.20. The van der Waals surface area contributed by atoms with Crippen LogP contribution in [-0.2, 0) is 44.0 Å². The van der Waals surface area contributed by atoms with Crippen molar-refractivity contribution in [3.05, 3.63) is 130 Å². The van der Waals surface area contributed by atoms with Crippen LogP contribution in [0.15, 0.2) is 96.2 Å². The molecule has 1 heterocycles. The Hall–Kier alpha value is -5.81. The van der Waals surface area contributed by atoms with Gasteiger partial charge in [-0.1, -0.05) is 36.4 Å². The van der Waals surface area contributed by atoms with Crippen molar-refractivity contribution in [1.82, 2.24) is 15.3 Å². The fraction of sp³-hybridized carbons (Fsp3) is 0.359. The van der Waals surface area contributed by atoms with Gasteiger partial charge in [-0.05, 0) is 93.8 Å². The number of hydrogen-bond donors (Lipinski definition) is 2. The molecular weight excluding hydrogens is 789 g/mol. The quantitative estimate of drug-likeness (QED) is 0.0696. The molecule has 1 aromatic heterocycles.